The molecular weight excluding hydrogens is 278 g/mol. The fraction of sp³-hybridized carbons (Fsp3) is 0.125. The summed E-state index contributed by atoms with van der Waals surface area (Å²) in [6.45, 7) is 1.93. The zero-order valence-corrected chi connectivity index (χ0v) is 12.2. The fourth-order valence-corrected chi connectivity index (χ4v) is 2.23. The lowest BCUT2D eigenvalue weighted by molar-refractivity contribution is 0.102. The van der Waals surface area contributed by atoms with Crippen molar-refractivity contribution in [3.63, 3.8) is 0 Å². The normalized spacial score (nSPS) is 10.4. The molecule has 0 unspecified atom stereocenters. The van der Waals surface area contributed by atoms with Gasteiger partial charge in [0.25, 0.3) is 5.91 Å². The third kappa shape index (κ3) is 2.40. The van der Waals surface area contributed by atoms with Crippen LogP contribution in [0.4, 0.5) is 5.69 Å². The lowest BCUT2D eigenvalue weighted by Gasteiger charge is -2.05. The Hall–Kier alpha value is -3.20. The Balaban J connectivity index is 1.89. The number of aromatic nitrogens is 3. The van der Waals surface area contributed by atoms with Gasteiger partial charge in [0, 0.05) is 24.5 Å². The maximum Gasteiger partial charge on any atom is 0.255 e. The number of nitriles is 1. The van der Waals surface area contributed by atoms with E-state index < -0.39 is 0 Å². The Bertz CT molecular complexity index is 920. The van der Waals surface area contributed by atoms with Crippen molar-refractivity contribution in [3.8, 4) is 6.07 Å². The smallest absolute Gasteiger partial charge is 0.255 e. The minimum atomic E-state index is -0.286. The number of nitrogens with zero attached hydrogens (tertiary/aromatic N) is 4. The Morgan fingerprint density at radius 3 is 2.91 bits per heavy atom. The Morgan fingerprint density at radius 2 is 2.14 bits per heavy atom. The lowest BCUT2D eigenvalue weighted by atomic mass is 10.2. The first-order chi connectivity index (χ1) is 10.6. The number of benzene rings is 1. The van der Waals surface area contributed by atoms with Crippen LogP contribution in [0.3, 0.4) is 0 Å². The van der Waals surface area contributed by atoms with Crippen molar-refractivity contribution >= 4 is 22.6 Å². The summed E-state index contributed by atoms with van der Waals surface area (Å²) in [5, 5.41) is 11.6. The summed E-state index contributed by atoms with van der Waals surface area (Å²) in [6.07, 6.45) is 1.44. The van der Waals surface area contributed by atoms with Gasteiger partial charge in [-0.05, 0) is 37.3 Å². The summed E-state index contributed by atoms with van der Waals surface area (Å²) in [4.78, 5) is 20.5. The minimum Gasteiger partial charge on any atom is -0.331 e. The number of aryl methyl sites for hydroxylation is 2. The number of hydrogen-bond acceptors (Lipinski definition) is 4. The van der Waals surface area contributed by atoms with Gasteiger partial charge >= 0.3 is 0 Å². The minimum absolute atomic E-state index is 0.212. The van der Waals surface area contributed by atoms with Crippen LogP contribution in [0.5, 0.6) is 0 Å². The molecule has 3 aromatic rings. The van der Waals surface area contributed by atoms with E-state index in [0.29, 0.717) is 11.3 Å². The molecule has 0 bridgehead atoms. The molecule has 1 N–H and O–H groups in total. The van der Waals surface area contributed by atoms with Crippen molar-refractivity contribution in [2.24, 2.45) is 7.05 Å². The molecule has 0 aliphatic rings. The zero-order chi connectivity index (χ0) is 15.7. The third-order valence-corrected chi connectivity index (χ3v) is 3.50. The Morgan fingerprint density at radius 1 is 1.32 bits per heavy atom. The van der Waals surface area contributed by atoms with Crippen molar-refractivity contribution in [1.29, 1.82) is 5.26 Å². The van der Waals surface area contributed by atoms with Crippen LogP contribution < -0.4 is 5.32 Å². The molecule has 2 aromatic heterocycles. The predicted octanol–water partition coefficient (Wildman–Crippen LogP) is 2.40. The molecule has 1 aromatic carbocycles. The highest BCUT2D eigenvalue weighted by atomic mass is 16.1. The van der Waals surface area contributed by atoms with Crippen LogP contribution in [0.25, 0.3) is 11.0 Å². The maximum absolute atomic E-state index is 12.2. The van der Waals surface area contributed by atoms with E-state index in [1.807, 2.05) is 42.8 Å². The van der Waals surface area contributed by atoms with Crippen LogP contribution in [0.15, 0.2) is 36.5 Å². The van der Waals surface area contributed by atoms with Crippen LogP contribution in [-0.4, -0.2) is 20.4 Å². The van der Waals surface area contributed by atoms with E-state index in [1.165, 1.54) is 12.3 Å². The first-order valence-electron chi connectivity index (χ1n) is 6.69. The van der Waals surface area contributed by atoms with Gasteiger partial charge in [0.15, 0.2) is 0 Å². The van der Waals surface area contributed by atoms with Gasteiger partial charge in [-0.25, -0.2) is 9.97 Å². The van der Waals surface area contributed by atoms with Gasteiger partial charge < -0.3 is 9.88 Å². The average Bonchev–Trinajstić information content (AvgIpc) is 2.81. The molecule has 0 fully saturated rings. The number of carbonyl (C=O) groups excluding carboxylic acids is 1. The highest BCUT2D eigenvalue weighted by Gasteiger charge is 2.09. The summed E-state index contributed by atoms with van der Waals surface area (Å²) < 4.78 is 1.99. The average molecular weight is 291 g/mol. The monoisotopic (exact) mass is 291 g/mol. The van der Waals surface area contributed by atoms with Gasteiger partial charge in [-0.2, -0.15) is 5.26 Å². The number of nitrogens with one attached hydrogen (secondary N) is 1. The van der Waals surface area contributed by atoms with Crippen LogP contribution in [0, 0.1) is 18.3 Å². The van der Waals surface area contributed by atoms with Crippen LogP contribution in [0.1, 0.15) is 21.9 Å². The number of rotatable bonds is 2. The van der Waals surface area contributed by atoms with Crippen molar-refractivity contribution in [3.05, 3.63) is 53.6 Å². The van der Waals surface area contributed by atoms with Crippen molar-refractivity contribution in [2.75, 3.05) is 5.32 Å². The summed E-state index contributed by atoms with van der Waals surface area (Å²) in [6, 6.07) is 10.5. The maximum atomic E-state index is 12.2. The van der Waals surface area contributed by atoms with Gasteiger partial charge in [-0.1, -0.05) is 0 Å². The van der Waals surface area contributed by atoms with Crippen LogP contribution in [-0.2, 0) is 7.05 Å². The summed E-state index contributed by atoms with van der Waals surface area (Å²) >= 11 is 0. The van der Waals surface area contributed by atoms with Gasteiger partial charge in [0.1, 0.15) is 17.6 Å². The Kier molecular flexibility index (Phi) is 3.31. The standard InChI is InChI=1S/C16H13N5O/c1-10-19-14-8-12(3-4-15(14)21(10)2)20-16(22)11-5-6-18-13(7-11)9-17/h3-8H,1-2H3,(H,20,22). The molecule has 108 valence electrons. The molecular formula is C16H13N5O. The number of carbonyl (C=O) groups is 1. The second kappa shape index (κ2) is 5.30. The van der Waals surface area contributed by atoms with E-state index in [4.69, 9.17) is 5.26 Å². The molecule has 0 saturated carbocycles. The van der Waals surface area contributed by atoms with E-state index >= 15 is 0 Å². The number of anilines is 1. The second-order valence-corrected chi connectivity index (χ2v) is 4.92. The second-order valence-electron chi connectivity index (χ2n) is 4.92. The molecule has 0 atom stereocenters. The number of fused-ring (bicyclic) bond motifs is 1. The lowest BCUT2D eigenvalue weighted by Crippen LogP contribution is -2.12. The van der Waals surface area contributed by atoms with E-state index in [9.17, 15) is 4.79 Å². The highest BCUT2D eigenvalue weighted by Crippen LogP contribution is 2.20. The SMILES string of the molecule is Cc1nc2cc(NC(=O)c3ccnc(C#N)c3)ccc2n1C. The van der Waals surface area contributed by atoms with Gasteiger partial charge in [0.2, 0.25) is 0 Å². The molecule has 1 amide bonds. The van der Waals surface area contributed by atoms with Crippen LogP contribution >= 0.6 is 0 Å². The highest BCUT2D eigenvalue weighted by molar-refractivity contribution is 6.05. The predicted molar refractivity (Wildman–Crippen MR) is 82.4 cm³/mol. The molecule has 6 heteroatoms. The first-order valence-corrected chi connectivity index (χ1v) is 6.69. The molecule has 22 heavy (non-hydrogen) atoms. The van der Waals surface area contributed by atoms with Gasteiger partial charge in [-0.3, -0.25) is 4.79 Å². The van der Waals surface area contributed by atoms with E-state index in [-0.39, 0.29) is 11.6 Å². The van der Waals surface area contributed by atoms with E-state index in [2.05, 4.69) is 15.3 Å². The molecule has 3 rings (SSSR count). The van der Waals surface area contributed by atoms with E-state index in [1.54, 1.807) is 6.07 Å². The molecule has 0 radical (unpaired) electrons. The molecule has 2 heterocycles. The van der Waals surface area contributed by atoms with Crippen molar-refractivity contribution in [1.82, 2.24) is 14.5 Å². The third-order valence-electron chi connectivity index (χ3n) is 3.50. The number of amides is 1. The molecule has 6 nitrogen and oxygen atoms in total. The van der Waals surface area contributed by atoms with Crippen molar-refractivity contribution < 1.29 is 4.79 Å². The number of hydrogen-bond donors (Lipinski definition) is 1. The fourth-order valence-electron chi connectivity index (χ4n) is 2.23. The summed E-state index contributed by atoms with van der Waals surface area (Å²) in [5.41, 5.74) is 3.09. The van der Waals surface area contributed by atoms with Crippen LogP contribution in [0.2, 0.25) is 0 Å². The number of imidazole rings is 1. The molecule has 0 aliphatic heterocycles. The van der Waals surface area contributed by atoms with Gasteiger partial charge in [0.05, 0.1) is 11.0 Å². The topological polar surface area (TPSA) is 83.6 Å². The molecule has 0 aliphatic carbocycles. The Labute approximate surface area is 127 Å². The largest absolute Gasteiger partial charge is 0.331 e. The first kappa shape index (κ1) is 13.8. The summed E-state index contributed by atoms with van der Waals surface area (Å²) in [5.74, 6) is 0.622. The van der Waals surface area contributed by atoms with E-state index in [0.717, 1.165) is 16.9 Å². The molecule has 0 spiro atoms. The quantitative estimate of drug-likeness (QED) is 0.785. The van der Waals surface area contributed by atoms with Crippen molar-refractivity contribution in [2.45, 2.75) is 6.92 Å². The number of pyridine rings is 1. The summed E-state index contributed by atoms with van der Waals surface area (Å²) in [7, 11) is 1.95. The van der Waals surface area contributed by atoms with Gasteiger partial charge in [-0.15, -0.1) is 0 Å². The molecule has 0 saturated heterocycles. The zero-order valence-electron chi connectivity index (χ0n) is 12.2.